The van der Waals surface area contributed by atoms with Crippen molar-refractivity contribution in [3.05, 3.63) is 59.5 Å². The number of ether oxygens (including phenoxy) is 2. The molecule has 0 spiro atoms. The molecule has 1 heterocycles. The summed E-state index contributed by atoms with van der Waals surface area (Å²) in [5.74, 6) is 1.61. The Labute approximate surface area is 169 Å². The molecular weight excluding hydrogens is 372 g/mol. The number of hydrogen-bond donors (Lipinski definition) is 1. The third-order valence-corrected chi connectivity index (χ3v) is 4.81. The topological polar surface area (TPSA) is 60.5 Å². The standard InChI is InChI=1S/C22H24N2O3S/c1-3-26-18-12-8-17(9-13-18)20-15-28-22(23-20)24-21(25)5-4-14-27-19-10-6-16(2)7-11-19/h6-13,15H,3-5,14H2,1-2H3,(H,23,24,25). The van der Waals surface area contributed by atoms with Gasteiger partial charge in [-0.05, 0) is 56.7 Å². The van der Waals surface area contributed by atoms with E-state index in [2.05, 4.69) is 10.3 Å². The van der Waals surface area contributed by atoms with E-state index in [1.54, 1.807) is 0 Å². The molecule has 0 unspecified atom stereocenters. The van der Waals surface area contributed by atoms with Crippen LogP contribution < -0.4 is 14.8 Å². The summed E-state index contributed by atoms with van der Waals surface area (Å²) < 4.78 is 11.1. The second-order valence-electron chi connectivity index (χ2n) is 6.31. The quantitative estimate of drug-likeness (QED) is 0.498. The molecule has 5 nitrogen and oxygen atoms in total. The van der Waals surface area contributed by atoms with Gasteiger partial charge in [0.15, 0.2) is 5.13 Å². The molecule has 0 aliphatic carbocycles. The number of carbonyl (C=O) groups is 1. The number of carbonyl (C=O) groups excluding carboxylic acids is 1. The van der Waals surface area contributed by atoms with Crippen molar-refractivity contribution in [2.24, 2.45) is 0 Å². The molecule has 1 amide bonds. The van der Waals surface area contributed by atoms with Crippen molar-refractivity contribution in [2.45, 2.75) is 26.7 Å². The van der Waals surface area contributed by atoms with Crippen LogP contribution in [0.1, 0.15) is 25.3 Å². The van der Waals surface area contributed by atoms with Crippen molar-refractivity contribution in [1.82, 2.24) is 4.98 Å². The van der Waals surface area contributed by atoms with Gasteiger partial charge in [-0.3, -0.25) is 4.79 Å². The predicted octanol–water partition coefficient (Wildman–Crippen LogP) is 5.31. The Morgan fingerprint density at radius 2 is 1.71 bits per heavy atom. The van der Waals surface area contributed by atoms with Crippen molar-refractivity contribution >= 4 is 22.4 Å². The highest BCUT2D eigenvalue weighted by Gasteiger charge is 2.08. The van der Waals surface area contributed by atoms with Crippen LogP contribution in [0.2, 0.25) is 0 Å². The third-order valence-electron chi connectivity index (χ3n) is 4.05. The molecule has 3 rings (SSSR count). The molecule has 0 bridgehead atoms. The zero-order valence-corrected chi connectivity index (χ0v) is 16.9. The first-order chi connectivity index (χ1) is 13.6. The minimum atomic E-state index is -0.0555. The lowest BCUT2D eigenvalue weighted by molar-refractivity contribution is -0.116. The largest absolute Gasteiger partial charge is 0.494 e. The number of aromatic nitrogens is 1. The maximum atomic E-state index is 12.1. The maximum Gasteiger partial charge on any atom is 0.226 e. The van der Waals surface area contributed by atoms with Crippen molar-refractivity contribution in [2.75, 3.05) is 18.5 Å². The Morgan fingerprint density at radius 1 is 1.04 bits per heavy atom. The van der Waals surface area contributed by atoms with Gasteiger partial charge in [0.2, 0.25) is 5.91 Å². The predicted molar refractivity (Wildman–Crippen MR) is 113 cm³/mol. The fraction of sp³-hybridized carbons (Fsp3) is 0.273. The molecule has 28 heavy (non-hydrogen) atoms. The van der Waals surface area contributed by atoms with Crippen molar-refractivity contribution < 1.29 is 14.3 Å². The molecule has 0 saturated carbocycles. The number of amides is 1. The number of thiazole rings is 1. The highest BCUT2D eigenvalue weighted by Crippen LogP contribution is 2.26. The van der Waals surface area contributed by atoms with Crippen LogP contribution in [-0.2, 0) is 4.79 Å². The van der Waals surface area contributed by atoms with Crippen LogP contribution in [0.3, 0.4) is 0 Å². The average Bonchev–Trinajstić information content (AvgIpc) is 3.16. The summed E-state index contributed by atoms with van der Waals surface area (Å²) in [5.41, 5.74) is 3.03. The highest BCUT2D eigenvalue weighted by molar-refractivity contribution is 7.14. The molecule has 1 N–H and O–H groups in total. The highest BCUT2D eigenvalue weighted by atomic mass is 32.1. The van der Waals surface area contributed by atoms with Crippen molar-refractivity contribution in [1.29, 1.82) is 0 Å². The Bertz CT molecular complexity index is 889. The normalized spacial score (nSPS) is 10.5. The lowest BCUT2D eigenvalue weighted by atomic mass is 10.2. The van der Waals surface area contributed by atoms with Gasteiger partial charge in [0.05, 0.1) is 18.9 Å². The minimum Gasteiger partial charge on any atom is -0.494 e. The number of aryl methyl sites for hydroxylation is 1. The summed E-state index contributed by atoms with van der Waals surface area (Å²) >= 11 is 1.42. The molecule has 0 aliphatic heterocycles. The van der Waals surface area contributed by atoms with E-state index in [1.807, 2.05) is 67.8 Å². The van der Waals surface area contributed by atoms with E-state index < -0.39 is 0 Å². The smallest absolute Gasteiger partial charge is 0.226 e. The number of nitrogens with zero attached hydrogens (tertiary/aromatic N) is 1. The van der Waals surface area contributed by atoms with Gasteiger partial charge < -0.3 is 14.8 Å². The van der Waals surface area contributed by atoms with Gasteiger partial charge in [0, 0.05) is 17.4 Å². The minimum absolute atomic E-state index is 0.0555. The molecule has 0 aliphatic rings. The van der Waals surface area contributed by atoms with Crippen LogP contribution in [0.4, 0.5) is 5.13 Å². The number of rotatable bonds is 9. The average molecular weight is 397 g/mol. The van der Waals surface area contributed by atoms with E-state index in [4.69, 9.17) is 9.47 Å². The van der Waals surface area contributed by atoms with E-state index in [9.17, 15) is 4.79 Å². The first kappa shape index (κ1) is 19.9. The van der Waals surface area contributed by atoms with E-state index in [0.717, 1.165) is 22.8 Å². The summed E-state index contributed by atoms with van der Waals surface area (Å²) in [6, 6.07) is 15.7. The molecule has 0 radical (unpaired) electrons. The molecule has 0 fully saturated rings. The van der Waals surface area contributed by atoms with Gasteiger partial charge in [0.1, 0.15) is 11.5 Å². The molecule has 146 valence electrons. The lowest BCUT2D eigenvalue weighted by Crippen LogP contribution is -2.12. The van der Waals surface area contributed by atoms with E-state index in [-0.39, 0.29) is 5.91 Å². The molecule has 6 heteroatoms. The van der Waals surface area contributed by atoms with E-state index in [1.165, 1.54) is 16.9 Å². The van der Waals surface area contributed by atoms with Crippen LogP contribution in [0, 0.1) is 6.92 Å². The molecule has 1 aromatic heterocycles. The first-order valence-electron chi connectivity index (χ1n) is 9.32. The Balaban J connectivity index is 1.43. The number of anilines is 1. The molecule has 0 saturated heterocycles. The second-order valence-corrected chi connectivity index (χ2v) is 7.17. The first-order valence-corrected chi connectivity index (χ1v) is 10.2. The Morgan fingerprint density at radius 3 is 2.43 bits per heavy atom. The summed E-state index contributed by atoms with van der Waals surface area (Å²) in [6.07, 6.45) is 1.04. The zero-order valence-electron chi connectivity index (χ0n) is 16.1. The third kappa shape index (κ3) is 5.82. The maximum absolute atomic E-state index is 12.1. The van der Waals surface area contributed by atoms with Crippen molar-refractivity contribution in [3.8, 4) is 22.8 Å². The van der Waals surface area contributed by atoms with Crippen LogP contribution in [0.5, 0.6) is 11.5 Å². The zero-order chi connectivity index (χ0) is 19.8. The fourth-order valence-electron chi connectivity index (χ4n) is 2.59. The van der Waals surface area contributed by atoms with Crippen molar-refractivity contribution in [3.63, 3.8) is 0 Å². The molecule has 3 aromatic rings. The van der Waals surface area contributed by atoms with Crippen LogP contribution in [0.25, 0.3) is 11.3 Å². The Kier molecular flexibility index (Phi) is 7.03. The number of hydrogen-bond acceptors (Lipinski definition) is 5. The number of nitrogens with one attached hydrogen (secondary N) is 1. The summed E-state index contributed by atoms with van der Waals surface area (Å²) in [5, 5.41) is 5.40. The Hall–Kier alpha value is -2.86. The van der Waals surface area contributed by atoms with Gasteiger partial charge >= 0.3 is 0 Å². The van der Waals surface area contributed by atoms with Gasteiger partial charge in [-0.2, -0.15) is 0 Å². The van der Waals surface area contributed by atoms with E-state index in [0.29, 0.717) is 31.2 Å². The molecule has 2 aromatic carbocycles. The van der Waals surface area contributed by atoms with Crippen LogP contribution in [-0.4, -0.2) is 24.1 Å². The van der Waals surface area contributed by atoms with Gasteiger partial charge in [0.25, 0.3) is 0 Å². The second kappa shape index (κ2) is 9.90. The van der Waals surface area contributed by atoms with Gasteiger partial charge in [-0.15, -0.1) is 11.3 Å². The van der Waals surface area contributed by atoms with Gasteiger partial charge in [-0.25, -0.2) is 4.98 Å². The van der Waals surface area contributed by atoms with E-state index >= 15 is 0 Å². The summed E-state index contributed by atoms with van der Waals surface area (Å²) in [6.45, 7) is 5.14. The fourth-order valence-corrected chi connectivity index (χ4v) is 3.33. The SMILES string of the molecule is CCOc1ccc(-c2csc(NC(=O)CCCOc3ccc(C)cc3)n2)cc1. The number of benzene rings is 2. The lowest BCUT2D eigenvalue weighted by Gasteiger charge is -2.06. The molecule has 0 atom stereocenters. The van der Waals surface area contributed by atoms with Crippen LogP contribution >= 0.6 is 11.3 Å². The van der Waals surface area contributed by atoms with Crippen LogP contribution in [0.15, 0.2) is 53.9 Å². The summed E-state index contributed by atoms with van der Waals surface area (Å²) in [4.78, 5) is 16.6. The van der Waals surface area contributed by atoms with Gasteiger partial charge in [-0.1, -0.05) is 17.7 Å². The summed E-state index contributed by atoms with van der Waals surface area (Å²) in [7, 11) is 0. The molecular formula is C22H24N2O3S. The monoisotopic (exact) mass is 396 g/mol.